The number of hydrazine groups is 1. The molecule has 0 aliphatic heterocycles. The van der Waals surface area contributed by atoms with Gasteiger partial charge in [0.15, 0.2) is 37.6 Å². The third-order valence-corrected chi connectivity index (χ3v) is 42.6. The maximum atomic E-state index is 12.7. The molecule has 0 saturated carbocycles. The second-order valence-electron chi connectivity index (χ2n) is 34.7. The standard InChI is InChI=1S/C21H26N10OS.C18H23N9O2.2C18H21N9S.2C4H9.C3H5NO.2C2H4O2.P2S5.Sn/c1-6-22-21(32)26-19-25-16-9-13(14-10-23-20(24-11-14)30(4)5)8-15(31(16)29-19)18-28-27-17(33-18)7-12(2)3;1-10(2)5-15(28)23-24-16(29)13-6-11(7-14-22-17(19)25-27(13)14)12-8-20-18(21-9-12)26(3)4;2*1-10(2)5-15-23-24-16(28-15)13-6-11(7-14-22-17(19)25-27(13)14)12-8-20-18(21-9-12)26(3)4;2*1-3-4-2;1-2-4-3-5;2*1-2(3)4;3-1-2-5-7-6-4;/h8-12H,6-7H2,1-5H3,(H2,22,26,29,32);6-10H,5H2,1-4H3,(H2,19,25)(H,23,28)(H,24,29);2*6-10H,5H2,1-4H3,(H2,19,25);2*1,3-4H2,2H3;2H2,1H3;2*1H3,(H,3,4);;/q;;;;;;;;;;+2/p-2. The van der Waals surface area contributed by atoms with Gasteiger partial charge < -0.3 is 42.1 Å². The number of aromatic nitrogens is 26. The summed E-state index contributed by atoms with van der Waals surface area (Å²) in [5.41, 5.74) is 33.5. The molecule has 0 aliphatic rings. The van der Waals surface area contributed by atoms with Crippen LogP contribution in [0.5, 0.6) is 0 Å². The fourth-order valence-electron chi connectivity index (χ4n) is 13.3. The van der Waals surface area contributed by atoms with Crippen LogP contribution < -0.4 is 58.3 Å². The summed E-state index contributed by atoms with van der Waals surface area (Å²) < 4.78 is 18.9. The summed E-state index contributed by atoms with van der Waals surface area (Å²) in [5.74, 6) is 3.36. The summed E-state index contributed by atoms with van der Waals surface area (Å²) in [6.45, 7) is 28.4. The molecular weight excluding hydrogens is 2180 g/mol. The van der Waals surface area contributed by atoms with Crippen LogP contribution >= 0.6 is 48.1 Å². The van der Waals surface area contributed by atoms with Crippen molar-refractivity contribution < 1.29 is 34.9 Å². The minimum atomic E-state index is -3.49. The van der Waals surface area contributed by atoms with Crippen molar-refractivity contribution in [2.75, 3.05) is 112 Å². The van der Waals surface area contributed by atoms with E-state index in [0.717, 1.165) is 141 Å². The number of pyridine rings is 4. The van der Waals surface area contributed by atoms with Gasteiger partial charge in [0.25, 0.3) is 11.9 Å². The summed E-state index contributed by atoms with van der Waals surface area (Å²) in [7, 11) is 21.9. The molecule has 0 radical (unpaired) electrons. The Morgan fingerprint density at radius 3 is 1.14 bits per heavy atom. The number of nitrogens with zero attached hydrogens (tertiary/aromatic N) is 31. The van der Waals surface area contributed by atoms with Crippen molar-refractivity contribution in [3.05, 3.63) is 119 Å². The number of nitrogen functional groups attached to an aromatic ring is 3. The predicted octanol–water partition coefficient (Wildman–Crippen LogP) is 14.1. The Hall–Kier alpha value is -12.9. The van der Waals surface area contributed by atoms with Crippen molar-refractivity contribution in [2.45, 2.75) is 157 Å². The third-order valence-electron chi connectivity index (χ3n) is 19.6. The number of carbonyl (C=O) groups is 5. The van der Waals surface area contributed by atoms with Gasteiger partial charge in [0.1, 0.15) is 37.8 Å². The van der Waals surface area contributed by atoms with Gasteiger partial charge in [-0.3, -0.25) is 25.8 Å². The molecule has 0 bridgehead atoms. The first-order valence-corrected chi connectivity index (χ1v) is 63.6. The predicted molar refractivity (Wildman–Crippen MR) is 595 cm³/mol. The molecule has 4 amide bonds. The number of carbonyl (C=O) groups excluding carboxylic acids is 6. The van der Waals surface area contributed by atoms with Gasteiger partial charge in [-0.2, -0.15) is 19.9 Å². The molecule has 780 valence electrons. The molecule has 147 heavy (non-hydrogen) atoms. The van der Waals surface area contributed by atoms with Crippen molar-refractivity contribution in [2.24, 2.45) is 28.7 Å². The van der Waals surface area contributed by atoms with Crippen molar-refractivity contribution in [1.82, 2.24) is 145 Å². The number of amides is 4. The molecule has 0 fully saturated rings. The number of urea groups is 1. The number of nitrogens with one attached hydrogen (secondary N) is 4. The molecule has 0 unspecified atom stereocenters. The van der Waals surface area contributed by atoms with Crippen LogP contribution in [0.25, 0.3) is 99.2 Å². The van der Waals surface area contributed by atoms with E-state index in [1.165, 1.54) is 51.7 Å². The fraction of sp³-hybridized carbons (Fsp3) is 0.422. The van der Waals surface area contributed by atoms with Gasteiger partial charge in [-0.25, -0.2) is 72.5 Å². The van der Waals surface area contributed by atoms with E-state index in [4.69, 9.17) is 28.1 Å². The molecule has 0 spiro atoms. The summed E-state index contributed by atoms with van der Waals surface area (Å²) in [6.07, 6.45) is 22.3. The molecular formula is C90H120N38O8P2S8Sn. The SMILES string of the molecule is CC(C)CC(=O)NNC(=O)c1cc(-c2cnc(N(C)C)nc2)cc2nc(N)nn12.CC(C)Cc1nnc(-c2cc(-c3cnc(N(C)C)nc3)cc3nc(N)nn23)s1.CC(C)Cc1nnc(-c2cc(-c3cnc(N(C)C)nc3)cc3nc(N)nn23)s1.CCC[CH2][Sn]([CH2]CCC)([O]C(C)=O)[O]C(C)=O.CCN=C=O.CCNC(=O)Nc1nc2cc(-c3cnc(N(C)C)nc3)cc(-c3nnc(CC(C)C)s3)n2n1.S=PP=S=S=S=S. The van der Waals surface area contributed by atoms with Gasteiger partial charge in [-0.05, 0) is 159 Å². The minimum absolute atomic E-state index is 0.0271. The largest absolute Gasteiger partial charge is 0.347 e. The Labute approximate surface area is 889 Å². The van der Waals surface area contributed by atoms with E-state index in [0.29, 0.717) is 94.8 Å². The first-order valence-electron chi connectivity index (χ1n) is 46.3. The zero-order chi connectivity index (χ0) is 107. The van der Waals surface area contributed by atoms with Gasteiger partial charge in [-0.15, -0.1) is 51.0 Å². The van der Waals surface area contributed by atoms with Crippen LogP contribution in [-0.2, 0) is 94.8 Å². The van der Waals surface area contributed by atoms with Gasteiger partial charge in [0, 0.05) is 181 Å². The van der Waals surface area contributed by atoms with Crippen LogP contribution in [0.2, 0.25) is 8.87 Å². The van der Waals surface area contributed by atoms with Crippen molar-refractivity contribution in [3.63, 3.8) is 0 Å². The maximum Gasteiger partial charge on any atom is 0.321 e. The third kappa shape index (κ3) is 36.0. The monoisotopic (exact) mass is 2300 g/mol. The van der Waals surface area contributed by atoms with E-state index in [1.807, 2.05) is 128 Å². The number of unbranched alkanes of at least 4 members (excludes halogenated alkanes) is 2. The molecule has 15 heterocycles. The number of isocyanates is 1. The number of anilines is 8. The number of rotatable bonds is 32. The molecule has 10 N–H and O–H groups in total. The summed E-state index contributed by atoms with van der Waals surface area (Å²) >= 11 is 10.4. The molecule has 15 aromatic heterocycles. The van der Waals surface area contributed by atoms with Crippen molar-refractivity contribution >= 4 is 224 Å². The number of aliphatic imine (C=N–C) groups is 1. The van der Waals surface area contributed by atoms with Gasteiger partial charge in [0.05, 0.1) is 0 Å². The van der Waals surface area contributed by atoms with Crippen molar-refractivity contribution in [1.29, 1.82) is 0 Å². The smallest absolute Gasteiger partial charge is 0.321 e. The maximum absolute atomic E-state index is 12.7. The molecule has 0 atom stereocenters. The molecule has 57 heteroatoms. The summed E-state index contributed by atoms with van der Waals surface area (Å²) in [4.78, 5) is 131. The number of nitrogens with two attached hydrogens (primary N) is 3. The summed E-state index contributed by atoms with van der Waals surface area (Å²) in [5, 5.41) is 53.9. The Balaban J connectivity index is 0.000000201. The molecule has 0 saturated heterocycles. The van der Waals surface area contributed by atoms with Crippen LogP contribution in [-0.4, -0.2) is 253 Å². The van der Waals surface area contributed by atoms with E-state index in [1.54, 1.807) is 128 Å². The van der Waals surface area contributed by atoms with Crippen molar-refractivity contribution in [3.8, 4) is 76.6 Å². The topological polar surface area (TPSA) is 574 Å². The Morgan fingerprint density at radius 2 is 0.830 bits per heavy atom. The fourth-order valence-corrected chi connectivity index (χ4v) is 36.1. The normalized spacial score (nSPS) is 10.9. The second kappa shape index (κ2) is 58.0. The van der Waals surface area contributed by atoms with Crippen LogP contribution in [0.15, 0.2) is 103 Å². The second-order valence-corrected chi connectivity index (χ2v) is 56.9. The van der Waals surface area contributed by atoms with Crippen LogP contribution in [0.1, 0.15) is 155 Å². The molecule has 0 aliphatic carbocycles. The Bertz CT molecular complexity index is 6940. The Kier molecular flexibility index (Phi) is 46.4. The zero-order valence-electron chi connectivity index (χ0n) is 85.6. The number of fused-ring (bicyclic) bond motifs is 4. The van der Waals surface area contributed by atoms with E-state index in [9.17, 15) is 24.0 Å². The first-order chi connectivity index (χ1) is 70.2. The Morgan fingerprint density at radius 1 is 0.483 bits per heavy atom. The molecule has 0 aromatic carbocycles. The molecule has 46 nitrogen and oxygen atoms in total. The molecule has 15 aromatic rings. The number of hydrogen-bond acceptors (Lipinski definition) is 43. The molecule has 15 rings (SSSR count). The quantitative estimate of drug-likeness (QED) is 0.00677. The number of hydrogen-bond donors (Lipinski definition) is 7. The van der Waals surface area contributed by atoms with Crippen LogP contribution in [0.4, 0.5) is 52.4 Å². The van der Waals surface area contributed by atoms with E-state index in [2.05, 4.69) is 216 Å². The minimum Gasteiger partial charge on any atom is -0.347 e. The van der Waals surface area contributed by atoms with Crippen LogP contribution in [0, 0.1) is 23.7 Å². The van der Waals surface area contributed by atoms with Gasteiger partial charge in [-0.1, -0.05) is 89.4 Å². The van der Waals surface area contributed by atoms with Gasteiger partial charge >= 0.3 is 115 Å². The zero-order valence-corrected chi connectivity index (χ0v) is 96.7. The summed E-state index contributed by atoms with van der Waals surface area (Å²) in [6, 6.07) is 14.6. The van der Waals surface area contributed by atoms with Crippen LogP contribution in [0.3, 0.4) is 0 Å². The first kappa shape index (κ1) is 118. The van der Waals surface area contributed by atoms with E-state index >= 15 is 0 Å². The average Bonchev–Trinajstić information content (AvgIpc) is 1.67. The average molecular weight is 2300 g/mol. The van der Waals surface area contributed by atoms with E-state index in [-0.39, 0.29) is 59.3 Å². The van der Waals surface area contributed by atoms with Gasteiger partial charge in [0.2, 0.25) is 53.6 Å². The van der Waals surface area contributed by atoms with E-state index < -0.39 is 25.1 Å².